The Balaban J connectivity index is 2.57. The molecule has 1 fully saturated rings. The van der Waals surface area contributed by atoms with Crippen LogP contribution < -0.4 is 0 Å². The Hall–Kier alpha value is -1.31. The number of halogens is 3. The fourth-order valence-electron chi connectivity index (χ4n) is 1.40. The first kappa shape index (κ1) is 12.8. The average molecular weight is 241 g/mol. The fraction of sp³-hybridized carbons (Fsp3) is 0.750. The first-order valence-electron chi connectivity index (χ1n) is 4.50. The molecule has 0 aromatic rings. The number of hydrogen-bond donors (Lipinski definition) is 1. The number of carbonyl (C=O) groups is 2. The van der Waals surface area contributed by atoms with E-state index in [1.54, 1.807) is 0 Å². The Labute approximate surface area is 88.8 Å². The molecule has 16 heavy (non-hydrogen) atoms. The van der Waals surface area contributed by atoms with E-state index in [9.17, 15) is 22.8 Å². The van der Waals surface area contributed by atoms with Crippen LogP contribution in [0.5, 0.6) is 0 Å². The van der Waals surface area contributed by atoms with E-state index in [2.05, 4.69) is 0 Å². The third kappa shape index (κ3) is 3.37. The van der Waals surface area contributed by atoms with E-state index in [1.165, 1.54) is 0 Å². The summed E-state index contributed by atoms with van der Waals surface area (Å²) in [5.41, 5.74) is 0. The first-order chi connectivity index (χ1) is 7.30. The van der Waals surface area contributed by atoms with Crippen LogP contribution in [0.25, 0.3) is 0 Å². The Morgan fingerprint density at radius 3 is 2.56 bits per heavy atom. The lowest BCUT2D eigenvalue weighted by Gasteiger charge is -2.32. The van der Waals surface area contributed by atoms with Gasteiger partial charge in [-0.15, -0.1) is 0 Å². The monoisotopic (exact) mass is 241 g/mol. The number of rotatable bonds is 2. The number of hydrogen-bond acceptors (Lipinski definition) is 3. The maximum absolute atomic E-state index is 12.1. The van der Waals surface area contributed by atoms with Gasteiger partial charge in [0, 0.05) is 13.1 Å². The minimum atomic E-state index is -4.93. The maximum Gasteiger partial charge on any atom is 0.471 e. The zero-order valence-electron chi connectivity index (χ0n) is 8.16. The van der Waals surface area contributed by atoms with Crippen molar-refractivity contribution in [1.29, 1.82) is 0 Å². The van der Waals surface area contributed by atoms with E-state index in [-0.39, 0.29) is 19.7 Å². The summed E-state index contributed by atoms with van der Waals surface area (Å²) in [6.07, 6.45) is -6.22. The smallest absolute Gasteiger partial charge is 0.471 e. The normalized spacial score (nSPS) is 21.9. The molecule has 0 aliphatic carbocycles. The summed E-state index contributed by atoms with van der Waals surface area (Å²) in [6.45, 7) is -0.598. The van der Waals surface area contributed by atoms with Crippen LogP contribution in [0.4, 0.5) is 13.2 Å². The zero-order chi connectivity index (χ0) is 12.3. The van der Waals surface area contributed by atoms with Gasteiger partial charge in [-0.25, -0.2) is 0 Å². The molecule has 0 saturated carbocycles. The van der Waals surface area contributed by atoms with Gasteiger partial charge < -0.3 is 14.7 Å². The van der Waals surface area contributed by atoms with Crippen molar-refractivity contribution in [3.05, 3.63) is 0 Å². The predicted octanol–water partition coefficient (Wildman–Crippen LogP) is 0.251. The van der Waals surface area contributed by atoms with Gasteiger partial charge in [0.25, 0.3) is 0 Å². The number of amides is 1. The van der Waals surface area contributed by atoms with Crippen LogP contribution in [-0.2, 0) is 14.3 Å². The number of carboxylic acid groups (broad SMARTS) is 1. The zero-order valence-corrected chi connectivity index (χ0v) is 8.16. The molecule has 1 amide bonds. The molecular weight excluding hydrogens is 231 g/mol. The fourth-order valence-corrected chi connectivity index (χ4v) is 1.40. The van der Waals surface area contributed by atoms with Crippen molar-refractivity contribution >= 4 is 11.9 Å². The van der Waals surface area contributed by atoms with Crippen molar-refractivity contribution in [1.82, 2.24) is 4.90 Å². The van der Waals surface area contributed by atoms with Gasteiger partial charge in [-0.2, -0.15) is 13.2 Å². The minimum Gasteiger partial charge on any atom is -0.481 e. The molecule has 0 aromatic carbocycles. The van der Waals surface area contributed by atoms with Crippen LogP contribution in [0.3, 0.4) is 0 Å². The van der Waals surface area contributed by atoms with Crippen molar-refractivity contribution in [3.63, 3.8) is 0 Å². The highest BCUT2D eigenvalue weighted by molar-refractivity contribution is 5.82. The van der Waals surface area contributed by atoms with Crippen LogP contribution in [0.1, 0.15) is 6.42 Å². The standard InChI is InChI=1S/C8H10F3NO4/c9-8(10,11)7(15)12-1-2-16-5(4-12)3-6(13)14/h5H,1-4H2,(H,13,14). The molecule has 1 atom stereocenters. The van der Waals surface area contributed by atoms with E-state index < -0.39 is 30.6 Å². The van der Waals surface area contributed by atoms with Crippen molar-refractivity contribution in [2.24, 2.45) is 0 Å². The molecule has 1 heterocycles. The molecule has 1 saturated heterocycles. The number of morpholine rings is 1. The second-order valence-electron chi connectivity index (χ2n) is 3.34. The molecule has 0 aromatic heterocycles. The Kier molecular flexibility index (Phi) is 3.74. The number of carbonyl (C=O) groups excluding carboxylic acids is 1. The summed E-state index contributed by atoms with van der Waals surface area (Å²) in [5, 5.41) is 8.44. The second kappa shape index (κ2) is 4.69. The van der Waals surface area contributed by atoms with Gasteiger partial charge in [-0.3, -0.25) is 9.59 Å². The van der Waals surface area contributed by atoms with Crippen molar-refractivity contribution in [3.8, 4) is 0 Å². The number of carboxylic acids is 1. The van der Waals surface area contributed by atoms with Gasteiger partial charge in [0.15, 0.2) is 0 Å². The molecule has 0 spiro atoms. The number of ether oxygens (including phenoxy) is 1. The summed E-state index contributed by atoms with van der Waals surface area (Å²) in [5.74, 6) is -3.13. The van der Waals surface area contributed by atoms with Crippen molar-refractivity contribution in [2.75, 3.05) is 19.7 Å². The SMILES string of the molecule is O=C(O)CC1CN(C(=O)C(F)(F)F)CCO1. The van der Waals surface area contributed by atoms with E-state index in [0.29, 0.717) is 4.90 Å². The quantitative estimate of drug-likeness (QED) is 0.752. The number of alkyl halides is 3. The summed E-state index contributed by atoms with van der Waals surface area (Å²) in [7, 11) is 0. The predicted molar refractivity (Wildman–Crippen MR) is 44.6 cm³/mol. The van der Waals surface area contributed by atoms with Crippen molar-refractivity contribution < 1.29 is 32.6 Å². The second-order valence-corrected chi connectivity index (χ2v) is 3.34. The molecule has 5 nitrogen and oxygen atoms in total. The van der Waals surface area contributed by atoms with Crippen LogP contribution in [0.2, 0.25) is 0 Å². The molecule has 8 heteroatoms. The molecule has 1 aliphatic rings. The largest absolute Gasteiger partial charge is 0.481 e. The lowest BCUT2D eigenvalue weighted by atomic mass is 10.2. The van der Waals surface area contributed by atoms with Gasteiger partial charge in [0.05, 0.1) is 19.1 Å². The minimum absolute atomic E-state index is 0.0836. The van der Waals surface area contributed by atoms with Crippen LogP contribution in [0, 0.1) is 0 Å². The van der Waals surface area contributed by atoms with Gasteiger partial charge >= 0.3 is 18.1 Å². The Bertz CT molecular complexity index is 291. The summed E-state index contributed by atoms with van der Waals surface area (Å²) in [6, 6.07) is 0. The van der Waals surface area contributed by atoms with Crippen LogP contribution >= 0.6 is 0 Å². The molecule has 92 valence electrons. The number of aliphatic carboxylic acids is 1. The summed E-state index contributed by atoms with van der Waals surface area (Å²) < 4.78 is 41.2. The molecule has 1 N–H and O–H groups in total. The third-order valence-electron chi connectivity index (χ3n) is 2.07. The summed E-state index contributed by atoms with van der Waals surface area (Å²) in [4.78, 5) is 21.8. The van der Waals surface area contributed by atoms with E-state index in [0.717, 1.165) is 0 Å². The van der Waals surface area contributed by atoms with E-state index in [1.807, 2.05) is 0 Å². The van der Waals surface area contributed by atoms with E-state index >= 15 is 0 Å². The maximum atomic E-state index is 12.1. The lowest BCUT2D eigenvalue weighted by Crippen LogP contribution is -2.50. The summed E-state index contributed by atoms with van der Waals surface area (Å²) >= 11 is 0. The third-order valence-corrected chi connectivity index (χ3v) is 2.07. The molecule has 0 radical (unpaired) electrons. The topological polar surface area (TPSA) is 66.8 Å². The highest BCUT2D eigenvalue weighted by Crippen LogP contribution is 2.20. The lowest BCUT2D eigenvalue weighted by molar-refractivity contribution is -0.191. The van der Waals surface area contributed by atoms with Crippen LogP contribution in [-0.4, -0.2) is 53.9 Å². The van der Waals surface area contributed by atoms with Crippen LogP contribution in [0.15, 0.2) is 0 Å². The van der Waals surface area contributed by atoms with Gasteiger partial charge in [0.1, 0.15) is 0 Å². The molecular formula is C8H10F3NO4. The molecule has 1 unspecified atom stereocenters. The average Bonchev–Trinajstić information content (AvgIpc) is 2.14. The van der Waals surface area contributed by atoms with E-state index in [4.69, 9.17) is 9.84 Å². The molecule has 1 aliphatic heterocycles. The van der Waals surface area contributed by atoms with Gasteiger partial charge in [-0.05, 0) is 0 Å². The Morgan fingerprint density at radius 2 is 2.06 bits per heavy atom. The Morgan fingerprint density at radius 1 is 1.44 bits per heavy atom. The molecule has 0 bridgehead atoms. The molecule has 1 rings (SSSR count). The first-order valence-corrected chi connectivity index (χ1v) is 4.50. The van der Waals surface area contributed by atoms with Gasteiger partial charge in [-0.1, -0.05) is 0 Å². The number of nitrogens with zero attached hydrogens (tertiary/aromatic N) is 1. The van der Waals surface area contributed by atoms with Gasteiger partial charge in [0.2, 0.25) is 0 Å². The van der Waals surface area contributed by atoms with Crippen molar-refractivity contribution in [2.45, 2.75) is 18.7 Å². The highest BCUT2D eigenvalue weighted by atomic mass is 19.4. The highest BCUT2D eigenvalue weighted by Gasteiger charge is 2.43.